The molecule has 0 saturated heterocycles. The van der Waals surface area contributed by atoms with Crippen molar-refractivity contribution in [1.29, 1.82) is 0 Å². The standard InChI is InChI=1S/C21H20INO3S/c22-11-3-4-16-7-10-21-20(14-16)23(12-13-26-21)27(24,25)19-9-8-17-5-1-2-6-18(17)15-19/h1-2,5-10,14-15H,3-4,11-13H2. The largest absolute Gasteiger partial charge is 0.489 e. The monoisotopic (exact) mass is 493 g/mol. The molecule has 1 heterocycles. The topological polar surface area (TPSA) is 46.6 Å². The van der Waals surface area contributed by atoms with Gasteiger partial charge in [-0.25, -0.2) is 8.42 Å². The van der Waals surface area contributed by atoms with Gasteiger partial charge < -0.3 is 4.74 Å². The van der Waals surface area contributed by atoms with Gasteiger partial charge in [-0.05, 0) is 57.9 Å². The predicted octanol–water partition coefficient (Wildman–Crippen LogP) is 4.80. The molecule has 0 saturated carbocycles. The lowest BCUT2D eigenvalue weighted by molar-refractivity contribution is 0.315. The summed E-state index contributed by atoms with van der Waals surface area (Å²) in [5.41, 5.74) is 1.77. The Balaban J connectivity index is 1.76. The first-order chi connectivity index (χ1) is 13.1. The number of hydrogen-bond donors (Lipinski definition) is 0. The number of sulfonamides is 1. The molecule has 0 radical (unpaired) electrons. The van der Waals surface area contributed by atoms with Crippen LogP contribution in [0.2, 0.25) is 0 Å². The molecule has 0 bridgehead atoms. The fourth-order valence-corrected chi connectivity index (χ4v) is 5.24. The van der Waals surface area contributed by atoms with Crippen LogP contribution in [0.5, 0.6) is 5.75 Å². The average Bonchev–Trinajstić information content (AvgIpc) is 2.71. The molecule has 6 heteroatoms. The highest BCUT2D eigenvalue weighted by Gasteiger charge is 2.30. The number of nitrogens with zero attached hydrogens (tertiary/aromatic N) is 1. The molecule has 0 fully saturated rings. The zero-order valence-corrected chi connectivity index (χ0v) is 17.7. The van der Waals surface area contributed by atoms with Gasteiger partial charge in [0.1, 0.15) is 12.4 Å². The summed E-state index contributed by atoms with van der Waals surface area (Å²) in [7, 11) is -3.65. The Labute approximate surface area is 173 Å². The normalized spacial score (nSPS) is 14.0. The lowest BCUT2D eigenvalue weighted by Gasteiger charge is -2.31. The van der Waals surface area contributed by atoms with Crippen molar-refractivity contribution < 1.29 is 13.2 Å². The number of ether oxygens (including phenoxy) is 1. The Bertz CT molecular complexity index is 1080. The second kappa shape index (κ2) is 7.67. The number of aryl methyl sites for hydroxylation is 1. The number of halogens is 1. The summed E-state index contributed by atoms with van der Waals surface area (Å²) in [6, 6.07) is 19.0. The average molecular weight is 493 g/mol. The molecule has 4 nitrogen and oxygen atoms in total. The van der Waals surface area contributed by atoms with Gasteiger partial charge in [-0.15, -0.1) is 0 Å². The Hall–Kier alpha value is -1.80. The lowest BCUT2D eigenvalue weighted by Crippen LogP contribution is -2.38. The van der Waals surface area contributed by atoms with Crippen LogP contribution in [0.3, 0.4) is 0 Å². The summed E-state index contributed by atoms with van der Waals surface area (Å²) in [6.45, 7) is 0.671. The molecule has 4 rings (SSSR count). The summed E-state index contributed by atoms with van der Waals surface area (Å²) in [5, 5.41) is 1.95. The highest BCUT2D eigenvalue weighted by molar-refractivity contribution is 14.1. The van der Waals surface area contributed by atoms with Gasteiger partial charge in [0, 0.05) is 0 Å². The van der Waals surface area contributed by atoms with Crippen molar-refractivity contribution in [3.8, 4) is 5.75 Å². The number of fused-ring (bicyclic) bond motifs is 2. The summed E-state index contributed by atoms with van der Waals surface area (Å²) >= 11 is 2.36. The molecular formula is C21H20INO3S. The van der Waals surface area contributed by atoms with Crippen LogP contribution in [0.4, 0.5) is 5.69 Å². The molecule has 0 spiro atoms. The zero-order valence-electron chi connectivity index (χ0n) is 14.8. The van der Waals surface area contributed by atoms with Crippen molar-refractivity contribution >= 4 is 49.1 Å². The van der Waals surface area contributed by atoms with E-state index in [1.54, 1.807) is 12.1 Å². The highest BCUT2D eigenvalue weighted by atomic mass is 127. The third-order valence-electron chi connectivity index (χ3n) is 4.75. The van der Waals surface area contributed by atoms with Gasteiger partial charge in [0.05, 0.1) is 17.1 Å². The molecule has 0 aliphatic carbocycles. The van der Waals surface area contributed by atoms with Crippen LogP contribution in [0.25, 0.3) is 10.8 Å². The number of alkyl halides is 1. The maximum atomic E-state index is 13.4. The van der Waals surface area contributed by atoms with Crippen molar-refractivity contribution in [2.24, 2.45) is 0 Å². The molecule has 0 amide bonds. The number of rotatable bonds is 5. The zero-order chi connectivity index (χ0) is 18.9. The fourth-order valence-electron chi connectivity index (χ4n) is 3.37. The molecule has 0 atom stereocenters. The quantitative estimate of drug-likeness (QED) is 0.379. The summed E-state index contributed by atoms with van der Waals surface area (Å²) in [6.07, 6.45) is 2.00. The molecule has 3 aromatic rings. The van der Waals surface area contributed by atoms with Gasteiger partial charge in [0.2, 0.25) is 0 Å². The van der Waals surface area contributed by atoms with Gasteiger partial charge in [0.15, 0.2) is 0 Å². The van der Waals surface area contributed by atoms with Gasteiger partial charge >= 0.3 is 0 Å². The number of anilines is 1. The van der Waals surface area contributed by atoms with Crippen LogP contribution in [0.1, 0.15) is 12.0 Å². The van der Waals surface area contributed by atoms with Crippen molar-refractivity contribution in [3.63, 3.8) is 0 Å². The molecule has 1 aliphatic heterocycles. The highest BCUT2D eigenvalue weighted by Crippen LogP contribution is 2.36. The summed E-state index contributed by atoms with van der Waals surface area (Å²) in [5.74, 6) is 0.629. The second-order valence-electron chi connectivity index (χ2n) is 6.53. The second-order valence-corrected chi connectivity index (χ2v) is 9.47. The van der Waals surface area contributed by atoms with E-state index in [2.05, 4.69) is 22.6 Å². The number of hydrogen-bond acceptors (Lipinski definition) is 3. The fraction of sp³-hybridized carbons (Fsp3) is 0.238. The van der Waals surface area contributed by atoms with E-state index in [4.69, 9.17) is 4.74 Å². The minimum absolute atomic E-state index is 0.312. The Morgan fingerprint density at radius 1 is 1.00 bits per heavy atom. The van der Waals surface area contributed by atoms with Crippen LogP contribution in [-0.4, -0.2) is 26.0 Å². The molecule has 27 heavy (non-hydrogen) atoms. The van der Waals surface area contributed by atoms with Crippen LogP contribution < -0.4 is 9.04 Å². The van der Waals surface area contributed by atoms with E-state index in [1.807, 2.05) is 48.5 Å². The molecular weight excluding hydrogens is 473 g/mol. The van der Waals surface area contributed by atoms with Crippen molar-refractivity contribution in [3.05, 3.63) is 66.2 Å². The van der Waals surface area contributed by atoms with E-state index in [1.165, 1.54) is 4.31 Å². The minimum Gasteiger partial charge on any atom is -0.489 e. The maximum absolute atomic E-state index is 13.4. The van der Waals surface area contributed by atoms with Crippen LogP contribution in [-0.2, 0) is 16.4 Å². The first kappa shape index (κ1) is 18.6. The van der Waals surface area contributed by atoms with Gasteiger partial charge in [0.25, 0.3) is 10.0 Å². The first-order valence-electron chi connectivity index (χ1n) is 8.93. The molecule has 0 aromatic heterocycles. The van der Waals surface area contributed by atoms with Gasteiger partial charge in [-0.3, -0.25) is 4.31 Å². The van der Waals surface area contributed by atoms with E-state index < -0.39 is 10.0 Å². The maximum Gasteiger partial charge on any atom is 0.264 e. The van der Waals surface area contributed by atoms with E-state index >= 15 is 0 Å². The Kier molecular flexibility index (Phi) is 5.27. The molecule has 3 aromatic carbocycles. The summed E-state index contributed by atoms with van der Waals surface area (Å²) < 4.78 is 35.0. The van der Waals surface area contributed by atoms with Crippen molar-refractivity contribution in [2.75, 3.05) is 21.9 Å². The molecule has 140 valence electrons. The molecule has 0 unspecified atom stereocenters. The summed E-state index contributed by atoms with van der Waals surface area (Å²) in [4.78, 5) is 0.312. The molecule has 0 N–H and O–H groups in total. The van der Waals surface area contributed by atoms with E-state index in [0.29, 0.717) is 29.5 Å². The third kappa shape index (κ3) is 3.65. The smallest absolute Gasteiger partial charge is 0.264 e. The van der Waals surface area contributed by atoms with Gasteiger partial charge in [-0.2, -0.15) is 0 Å². The third-order valence-corrected chi connectivity index (χ3v) is 7.32. The van der Waals surface area contributed by atoms with E-state index in [9.17, 15) is 8.42 Å². The lowest BCUT2D eigenvalue weighted by atomic mass is 10.1. The Morgan fingerprint density at radius 2 is 1.81 bits per heavy atom. The molecule has 1 aliphatic rings. The SMILES string of the molecule is O=S(=O)(c1ccc2ccccc2c1)N1CCOc2ccc(CCCI)cc21. The van der Waals surface area contributed by atoms with Crippen LogP contribution in [0, 0.1) is 0 Å². The van der Waals surface area contributed by atoms with Crippen LogP contribution in [0.15, 0.2) is 65.6 Å². The number of benzene rings is 3. The Morgan fingerprint density at radius 3 is 2.63 bits per heavy atom. The van der Waals surface area contributed by atoms with E-state index in [0.717, 1.165) is 33.6 Å². The minimum atomic E-state index is -3.65. The first-order valence-corrected chi connectivity index (χ1v) is 11.9. The van der Waals surface area contributed by atoms with Crippen molar-refractivity contribution in [1.82, 2.24) is 0 Å². The predicted molar refractivity (Wildman–Crippen MR) is 118 cm³/mol. The van der Waals surface area contributed by atoms with Crippen molar-refractivity contribution in [2.45, 2.75) is 17.7 Å². The van der Waals surface area contributed by atoms with Crippen LogP contribution >= 0.6 is 22.6 Å². The van der Waals surface area contributed by atoms with Gasteiger partial charge in [-0.1, -0.05) is 59.0 Å². The van der Waals surface area contributed by atoms with E-state index in [-0.39, 0.29) is 0 Å².